The Bertz CT molecular complexity index is 319. The third-order valence-corrected chi connectivity index (χ3v) is 2.25. The molecule has 0 unspecified atom stereocenters. The summed E-state index contributed by atoms with van der Waals surface area (Å²) in [7, 11) is 0. The molecule has 0 saturated carbocycles. The minimum atomic E-state index is 0.660. The van der Waals surface area contributed by atoms with Crippen LogP contribution in [0.3, 0.4) is 0 Å². The van der Waals surface area contributed by atoms with Gasteiger partial charge in [0.1, 0.15) is 0 Å². The molecule has 0 aliphatic carbocycles. The van der Waals surface area contributed by atoms with Crippen molar-refractivity contribution < 1.29 is 9.47 Å². The Labute approximate surface area is 98.6 Å². The lowest BCUT2D eigenvalue weighted by Crippen LogP contribution is -2.00. The van der Waals surface area contributed by atoms with Crippen LogP contribution < -0.4 is 9.47 Å². The summed E-state index contributed by atoms with van der Waals surface area (Å²) in [5.74, 6) is 2.37. The van der Waals surface area contributed by atoms with Crippen molar-refractivity contribution in [3.63, 3.8) is 0 Å². The first kappa shape index (κ1) is 12.9. The maximum atomic E-state index is 5.59. The highest BCUT2D eigenvalue weighted by Gasteiger charge is 2.06. The van der Waals surface area contributed by atoms with E-state index in [2.05, 4.69) is 26.0 Å². The van der Waals surface area contributed by atoms with Crippen LogP contribution in [0.2, 0.25) is 0 Å². The summed E-state index contributed by atoms with van der Waals surface area (Å²) in [6.45, 7) is 9.75. The van der Waals surface area contributed by atoms with E-state index < -0.39 is 0 Å². The average molecular weight is 222 g/mol. The van der Waals surface area contributed by atoms with Gasteiger partial charge in [-0.2, -0.15) is 0 Å². The van der Waals surface area contributed by atoms with Gasteiger partial charge in [0.25, 0.3) is 0 Å². The molecule has 1 rings (SSSR count). The topological polar surface area (TPSA) is 18.5 Å². The van der Waals surface area contributed by atoms with E-state index >= 15 is 0 Å². The Morgan fingerprint density at radius 3 is 2.19 bits per heavy atom. The number of rotatable bonds is 6. The molecule has 0 radical (unpaired) electrons. The van der Waals surface area contributed by atoms with E-state index in [1.54, 1.807) is 0 Å². The summed E-state index contributed by atoms with van der Waals surface area (Å²) < 4.78 is 11.1. The maximum Gasteiger partial charge on any atom is 0.161 e. The SMILES string of the molecule is CCOc1ccc(CC(C)C)cc1OCC. The molecule has 16 heavy (non-hydrogen) atoms. The second-order valence-electron chi connectivity index (χ2n) is 4.25. The fourth-order valence-electron chi connectivity index (χ4n) is 1.69. The molecule has 0 bridgehead atoms. The van der Waals surface area contributed by atoms with Crippen molar-refractivity contribution in [2.45, 2.75) is 34.1 Å². The van der Waals surface area contributed by atoms with Crippen LogP contribution in [-0.4, -0.2) is 13.2 Å². The summed E-state index contributed by atoms with van der Waals surface area (Å²) >= 11 is 0. The minimum absolute atomic E-state index is 0.660. The third-order valence-electron chi connectivity index (χ3n) is 2.25. The second kappa shape index (κ2) is 6.41. The molecule has 0 aliphatic rings. The molecule has 1 aromatic rings. The standard InChI is InChI=1S/C14H22O2/c1-5-15-13-8-7-12(9-11(3)4)10-14(13)16-6-2/h7-8,10-11H,5-6,9H2,1-4H3. The number of hydrogen-bond acceptors (Lipinski definition) is 2. The van der Waals surface area contributed by atoms with Gasteiger partial charge in [0.2, 0.25) is 0 Å². The molecule has 0 heterocycles. The summed E-state index contributed by atoms with van der Waals surface area (Å²) in [6, 6.07) is 6.22. The predicted molar refractivity (Wildman–Crippen MR) is 67.3 cm³/mol. The highest BCUT2D eigenvalue weighted by molar-refractivity contribution is 5.43. The highest BCUT2D eigenvalue weighted by atomic mass is 16.5. The summed E-state index contributed by atoms with van der Waals surface area (Å²) in [5.41, 5.74) is 1.31. The smallest absolute Gasteiger partial charge is 0.161 e. The Balaban J connectivity index is 2.87. The highest BCUT2D eigenvalue weighted by Crippen LogP contribution is 2.29. The van der Waals surface area contributed by atoms with E-state index in [4.69, 9.17) is 9.47 Å². The summed E-state index contributed by atoms with van der Waals surface area (Å²) in [4.78, 5) is 0. The summed E-state index contributed by atoms with van der Waals surface area (Å²) in [5, 5.41) is 0. The van der Waals surface area contributed by atoms with Crippen LogP contribution >= 0.6 is 0 Å². The zero-order valence-corrected chi connectivity index (χ0v) is 10.7. The molecular weight excluding hydrogens is 200 g/mol. The predicted octanol–water partition coefficient (Wildman–Crippen LogP) is 3.68. The van der Waals surface area contributed by atoms with Gasteiger partial charge in [-0.1, -0.05) is 19.9 Å². The van der Waals surface area contributed by atoms with Gasteiger partial charge in [0.15, 0.2) is 11.5 Å². The van der Waals surface area contributed by atoms with Crippen molar-refractivity contribution in [3.8, 4) is 11.5 Å². The van der Waals surface area contributed by atoms with Crippen molar-refractivity contribution in [2.24, 2.45) is 5.92 Å². The zero-order chi connectivity index (χ0) is 12.0. The fraction of sp³-hybridized carbons (Fsp3) is 0.571. The lowest BCUT2D eigenvalue weighted by molar-refractivity contribution is 0.287. The Hall–Kier alpha value is -1.18. The molecule has 2 nitrogen and oxygen atoms in total. The van der Waals surface area contributed by atoms with Crippen LogP contribution in [0.4, 0.5) is 0 Å². The first-order valence-electron chi connectivity index (χ1n) is 6.05. The van der Waals surface area contributed by atoms with Gasteiger partial charge in [0, 0.05) is 0 Å². The molecular formula is C14H22O2. The van der Waals surface area contributed by atoms with Crippen LogP contribution in [0.15, 0.2) is 18.2 Å². The normalized spacial score (nSPS) is 10.6. The van der Waals surface area contributed by atoms with E-state index in [9.17, 15) is 0 Å². The molecule has 0 aromatic heterocycles. The monoisotopic (exact) mass is 222 g/mol. The zero-order valence-electron chi connectivity index (χ0n) is 10.7. The molecule has 2 heteroatoms. The second-order valence-corrected chi connectivity index (χ2v) is 4.25. The molecule has 90 valence electrons. The van der Waals surface area contributed by atoms with E-state index in [1.807, 2.05) is 19.9 Å². The first-order chi connectivity index (χ1) is 7.67. The number of ether oxygens (including phenoxy) is 2. The minimum Gasteiger partial charge on any atom is -0.490 e. The lowest BCUT2D eigenvalue weighted by atomic mass is 10.0. The quantitative estimate of drug-likeness (QED) is 0.731. The van der Waals surface area contributed by atoms with Crippen molar-refractivity contribution in [3.05, 3.63) is 23.8 Å². The van der Waals surface area contributed by atoms with Crippen molar-refractivity contribution in [1.29, 1.82) is 0 Å². The first-order valence-corrected chi connectivity index (χ1v) is 6.05. The molecule has 0 saturated heterocycles. The van der Waals surface area contributed by atoms with Gasteiger partial charge in [-0.15, -0.1) is 0 Å². The molecule has 0 aliphatic heterocycles. The van der Waals surface area contributed by atoms with Crippen LogP contribution in [0.1, 0.15) is 33.3 Å². The van der Waals surface area contributed by atoms with Crippen LogP contribution in [0.5, 0.6) is 11.5 Å². The Morgan fingerprint density at radius 2 is 1.62 bits per heavy atom. The molecule has 0 N–H and O–H groups in total. The average Bonchev–Trinajstić information content (AvgIpc) is 2.21. The van der Waals surface area contributed by atoms with Gasteiger partial charge in [-0.25, -0.2) is 0 Å². The third kappa shape index (κ3) is 3.76. The summed E-state index contributed by atoms with van der Waals surface area (Å²) in [6.07, 6.45) is 1.08. The van der Waals surface area contributed by atoms with Crippen molar-refractivity contribution in [1.82, 2.24) is 0 Å². The van der Waals surface area contributed by atoms with Gasteiger partial charge >= 0.3 is 0 Å². The molecule has 0 fully saturated rings. The number of hydrogen-bond donors (Lipinski definition) is 0. The molecule has 1 aromatic carbocycles. The van der Waals surface area contributed by atoms with Crippen LogP contribution in [-0.2, 0) is 6.42 Å². The number of benzene rings is 1. The van der Waals surface area contributed by atoms with E-state index in [1.165, 1.54) is 5.56 Å². The van der Waals surface area contributed by atoms with Crippen LogP contribution in [0.25, 0.3) is 0 Å². The Kier molecular flexibility index (Phi) is 5.17. The maximum absolute atomic E-state index is 5.59. The van der Waals surface area contributed by atoms with Crippen LogP contribution in [0, 0.1) is 5.92 Å². The van der Waals surface area contributed by atoms with Crippen molar-refractivity contribution >= 4 is 0 Å². The van der Waals surface area contributed by atoms with Gasteiger partial charge < -0.3 is 9.47 Å². The fourth-order valence-corrected chi connectivity index (χ4v) is 1.69. The largest absolute Gasteiger partial charge is 0.490 e. The van der Waals surface area contributed by atoms with E-state index in [0.717, 1.165) is 17.9 Å². The molecule has 0 spiro atoms. The van der Waals surface area contributed by atoms with E-state index in [0.29, 0.717) is 19.1 Å². The molecule has 0 atom stereocenters. The Morgan fingerprint density at radius 1 is 1.00 bits per heavy atom. The van der Waals surface area contributed by atoms with Gasteiger partial charge in [-0.05, 0) is 43.9 Å². The van der Waals surface area contributed by atoms with Crippen molar-refractivity contribution in [2.75, 3.05) is 13.2 Å². The molecule has 0 amide bonds. The van der Waals surface area contributed by atoms with Gasteiger partial charge in [-0.3, -0.25) is 0 Å². The lowest BCUT2D eigenvalue weighted by Gasteiger charge is -2.13. The van der Waals surface area contributed by atoms with E-state index in [-0.39, 0.29) is 0 Å². The van der Waals surface area contributed by atoms with Gasteiger partial charge in [0.05, 0.1) is 13.2 Å².